The fourth-order valence-corrected chi connectivity index (χ4v) is 3.54. The van der Waals surface area contributed by atoms with Gasteiger partial charge in [-0.1, -0.05) is 42.5 Å². The normalized spacial score (nSPS) is 11.8. The first-order chi connectivity index (χ1) is 17.0. The number of carbonyl (C=O) groups is 3. The summed E-state index contributed by atoms with van der Waals surface area (Å²) in [6.45, 7) is 7.35. The van der Waals surface area contributed by atoms with Crippen LogP contribution in [0.3, 0.4) is 0 Å². The molecule has 3 aromatic rings. The van der Waals surface area contributed by atoms with Crippen LogP contribution in [-0.4, -0.2) is 35.5 Å². The van der Waals surface area contributed by atoms with Crippen LogP contribution in [0.1, 0.15) is 55.2 Å². The monoisotopic (exact) mass is 487 g/mol. The molecule has 0 aliphatic heterocycles. The van der Waals surface area contributed by atoms with Gasteiger partial charge in [0, 0.05) is 24.0 Å². The van der Waals surface area contributed by atoms with Crippen molar-refractivity contribution < 1.29 is 19.1 Å². The summed E-state index contributed by atoms with van der Waals surface area (Å²) in [5.74, 6) is -0.233. The van der Waals surface area contributed by atoms with E-state index in [9.17, 15) is 14.4 Å². The lowest BCUT2D eigenvalue weighted by molar-refractivity contribution is -0.131. The van der Waals surface area contributed by atoms with Crippen LogP contribution < -0.4 is 10.6 Å². The highest BCUT2D eigenvalue weighted by molar-refractivity contribution is 6.04. The number of rotatable bonds is 7. The number of anilines is 2. The number of nitrogens with zero attached hydrogens (tertiary/aromatic N) is 1. The molecule has 3 aromatic carbocycles. The van der Waals surface area contributed by atoms with Crippen LogP contribution in [0.15, 0.2) is 78.9 Å². The number of amides is 3. The Labute approximate surface area is 212 Å². The van der Waals surface area contributed by atoms with Crippen molar-refractivity contribution in [2.75, 3.05) is 17.7 Å². The van der Waals surface area contributed by atoms with E-state index in [1.807, 2.05) is 61.5 Å². The van der Waals surface area contributed by atoms with E-state index in [2.05, 4.69) is 10.6 Å². The Balaban J connectivity index is 1.59. The van der Waals surface area contributed by atoms with Crippen molar-refractivity contribution in [1.29, 1.82) is 0 Å². The summed E-state index contributed by atoms with van der Waals surface area (Å²) in [5, 5.41) is 5.60. The highest BCUT2D eigenvalue weighted by atomic mass is 16.6. The first-order valence-electron chi connectivity index (χ1n) is 11.8. The number of hydrogen-bond donors (Lipinski definition) is 2. The second kappa shape index (κ2) is 11.5. The fourth-order valence-electron chi connectivity index (χ4n) is 3.54. The molecule has 0 radical (unpaired) electrons. The summed E-state index contributed by atoms with van der Waals surface area (Å²) in [5.41, 5.74) is 3.01. The SMILES string of the molecule is CC(c1cccc(NC(=O)c2ccccc2)c1)N(C)C(=O)Cc1ccc(NC(=O)OC(C)(C)C)cc1. The van der Waals surface area contributed by atoms with E-state index in [1.54, 1.807) is 57.0 Å². The number of likely N-dealkylation sites (N-methyl/N-ethyl adjacent to an activating group) is 1. The Morgan fingerprint density at radius 3 is 2.17 bits per heavy atom. The highest BCUT2D eigenvalue weighted by Crippen LogP contribution is 2.23. The lowest BCUT2D eigenvalue weighted by Crippen LogP contribution is -2.31. The summed E-state index contributed by atoms with van der Waals surface area (Å²) in [6, 6.07) is 23.4. The fraction of sp³-hybridized carbons (Fsp3) is 0.276. The molecule has 0 bridgehead atoms. The van der Waals surface area contributed by atoms with E-state index in [4.69, 9.17) is 4.74 Å². The van der Waals surface area contributed by atoms with Crippen molar-refractivity contribution in [1.82, 2.24) is 4.90 Å². The average molecular weight is 488 g/mol. The minimum Gasteiger partial charge on any atom is -0.444 e. The van der Waals surface area contributed by atoms with Crippen LogP contribution in [0.5, 0.6) is 0 Å². The third-order valence-corrected chi connectivity index (χ3v) is 5.59. The van der Waals surface area contributed by atoms with E-state index >= 15 is 0 Å². The predicted octanol–water partition coefficient (Wildman–Crippen LogP) is 6.05. The molecule has 188 valence electrons. The molecule has 2 N–H and O–H groups in total. The zero-order valence-corrected chi connectivity index (χ0v) is 21.4. The lowest BCUT2D eigenvalue weighted by atomic mass is 10.0. The van der Waals surface area contributed by atoms with Crippen molar-refractivity contribution in [3.63, 3.8) is 0 Å². The molecule has 0 heterocycles. The maximum Gasteiger partial charge on any atom is 0.412 e. The molecule has 0 fully saturated rings. The molecule has 1 atom stereocenters. The largest absolute Gasteiger partial charge is 0.444 e. The summed E-state index contributed by atoms with van der Waals surface area (Å²) in [4.78, 5) is 39.1. The molecule has 1 unspecified atom stereocenters. The first kappa shape index (κ1) is 26.5. The van der Waals surface area contributed by atoms with Gasteiger partial charge in [-0.25, -0.2) is 4.79 Å². The molecule has 3 amide bonds. The molecule has 0 aromatic heterocycles. The van der Waals surface area contributed by atoms with Crippen molar-refractivity contribution in [2.24, 2.45) is 0 Å². The number of nitrogens with one attached hydrogen (secondary N) is 2. The van der Waals surface area contributed by atoms with E-state index in [0.29, 0.717) is 16.9 Å². The second-order valence-electron chi connectivity index (χ2n) is 9.63. The van der Waals surface area contributed by atoms with Crippen LogP contribution >= 0.6 is 0 Å². The van der Waals surface area contributed by atoms with E-state index in [0.717, 1.165) is 11.1 Å². The smallest absolute Gasteiger partial charge is 0.412 e. The minimum absolute atomic E-state index is 0.0472. The third kappa shape index (κ3) is 7.70. The van der Waals surface area contributed by atoms with Gasteiger partial charge >= 0.3 is 6.09 Å². The molecular weight excluding hydrogens is 454 g/mol. The Kier molecular flexibility index (Phi) is 8.48. The quantitative estimate of drug-likeness (QED) is 0.425. The number of carbonyl (C=O) groups excluding carboxylic acids is 3. The third-order valence-electron chi connectivity index (χ3n) is 5.59. The molecule has 7 heteroatoms. The molecule has 0 saturated heterocycles. The average Bonchev–Trinajstić information content (AvgIpc) is 2.83. The molecule has 36 heavy (non-hydrogen) atoms. The van der Waals surface area contributed by atoms with Gasteiger partial charge in [0.15, 0.2) is 0 Å². The lowest BCUT2D eigenvalue weighted by Gasteiger charge is -2.26. The van der Waals surface area contributed by atoms with Gasteiger partial charge in [0.2, 0.25) is 5.91 Å². The van der Waals surface area contributed by atoms with Gasteiger partial charge < -0.3 is 15.0 Å². The molecule has 0 aliphatic rings. The Morgan fingerprint density at radius 2 is 1.53 bits per heavy atom. The van der Waals surface area contributed by atoms with Gasteiger partial charge in [0.25, 0.3) is 5.91 Å². The molecule has 0 saturated carbocycles. The number of benzene rings is 3. The van der Waals surface area contributed by atoms with Crippen LogP contribution in [0.25, 0.3) is 0 Å². The molecule has 3 rings (SSSR count). The van der Waals surface area contributed by atoms with Gasteiger partial charge in [-0.05, 0) is 75.2 Å². The first-order valence-corrected chi connectivity index (χ1v) is 11.8. The zero-order chi connectivity index (χ0) is 26.3. The molecule has 7 nitrogen and oxygen atoms in total. The van der Waals surface area contributed by atoms with E-state index < -0.39 is 11.7 Å². The van der Waals surface area contributed by atoms with Gasteiger partial charge in [0.1, 0.15) is 5.60 Å². The summed E-state index contributed by atoms with van der Waals surface area (Å²) >= 11 is 0. The predicted molar refractivity (Wildman–Crippen MR) is 142 cm³/mol. The van der Waals surface area contributed by atoms with Gasteiger partial charge in [-0.2, -0.15) is 0 Å². The molecule has 0 spiro atoms. The Morgan fingerprint density at radius 1 is 0.861 bits per heavy atom. The molecular formula is C29H33N3O4. The topological polar surface area (TPSA) is 87.7 Å². The minimum atomic E-state index is -0.579. The van der Waals surface area contributed by atoms with Crippen molar-refractivity contribution in [3.8, 4) is 0 Å². The van der Waals surface area contributed by atoms with Crippen LogP contribution in [0.2, 0.25) is 0 Å². The summed E-state index contributed by atoms with van der Waals surface area (Å²) in [7, 11) is 1.76. The maximum absolute atomic E-state index is 13.0. The van der Waals surface area contributed by atoms with Crippen molar-refractivity contribution >= 4 is 29.3 Å². The number of hydrogen-bond acceptors (Lipinski definition) is 4. The van der Waals surface area contributed by atoms with E-state index in [1.165, 1.54) is 0 Å². The van der Waals surface area contributed by atoms with Gasteiger partial charge in [-0.15, -0.1) is 0 Å². The van der Waals surface area contributed by atoms with Crippen LogP contribution in [0, 0.1) is 0 Å². The highest BCUT2D eigenvalue weighted by Gasteiger charge is 2.19. The van der Waals surface area contributed by atoms with E-state index in [-0.39, 0.29) is 24.3 Å². The van der Waals surface area contributed by atoms with Gasteiger partial charge in [-0.3, -0.25) is 14.9 Å². The van der Waals surface area contributed by atoms with Gasteiger partial charge in [0.05, 0.1) is 12.5 Å². The van der Waals surface area contributed by atoms with Crippen molar-refractivity contribution in [3.05, 3.63) is 95.6 Å². The van der Waals surface area contributed by atoms with Crippen LogP contribution in [0.4, 0.5) is 16.2 Å². The summed E-state index contributed by atoms with van der Waals surface area (Å²) in [6.07, 6.45) is -0.306. The zero-order valence-electron chi connectivity index (χ0n) is 21.4. The van der Waals surface area contributed by atoms with Crippen molar-refractivity contribution in [2.45, 2.75) is 45.8 Å². The standard InChI is InChI=1S/C29H33N3O4/c1-20(23-12-9-13-25(19-23)30-27(34)22-10-7-6-8-11-22)32(5)26(33)18-21-14-16-24(17-15-21)31-28(35)36-29(2,3)4/h6-17,19-20H,18H2,1-5H3,(H,30,34)(H,31,35). The Hall–Kier alpha value is -4.13. The summed E-state index contributed by atoms with van der Waals surface area (Å²) < 4.78 is 5.25. The van der Waals surface area contributed by atoms with Crippen LogP contribution in [-0.2, 0) is 16.0 Å². The maximum atomic E-state index is 13.0. The molecule has 0 aliphatic carbocycles. The number of ether oxygens (including phenoxy) is 1. The Bertz CT molecular complexity index is 1200. The second-order valence-corrected chi connectivity index (χ2v) is 9.63.